The van der Waals surface area contributed by atoms with E-state index in [4.69, 9.17) is 0 Å². The summed E-state index contributed by atoms with van der Waals surface area (Å²) in [5.41, 5.74) is 0. The molecule has 0 unspecified atom stereocenters. The summed E-state index contributed by atoms with van der Waals surface area (Å²) in [6, 6.07) is 0. The molecule has 0 heterocycles. The number of rotatable bonds is 12. The van der Waals surface area contributed by atoms with Gasteiger partial charge < -0.3 is 4.79 Å². The largest absolute Gasteiger partial charge is 0.303 e. The smallest absolute Gasteiger partial charge is 0.119 e. The second-order valence-electron chi connectivity index (χ2n) is 4.49. The number of hydrogen-bond acceptors (Lipinski definition) is 1. The molecular weight excluding hydrogens is 363 g/mol. The zero-order valence-corrected chi connectivity index (χ0v) is 14.6. The van der Waals surface area contributed by atoms with Crippen LogP contribution in [0.2, 0.25) is 0 Å². The van der Waals surface area contributed by atoms with Crippen molar-refractivity contribution >= 4 is 6.29 Å². The summed E-state index contributed by atoms with van der Waals surface area (Å²) in [7, 11) is 0. The van der Waals surface area contributed by atoms with Gasteiger partial charge in [0.05, 0.1) is 0 Å². The summed E-state index contributed by atoms with van der Waals surface area (Å²) < 4.78 is 0. The number of carbonyl (C=O) groups is 1. The van der Waals surface area contributed by atoms with Crippen LogP contribution in [0.25, 0.3) is 0 Å². The molecule has 0 radical (unpaired) electrons. The van der Waals surface area contributed by atoms with Crippen LogP contribution in [0.3, 0.4) is 0 Å². The summed E-state index contributed by atoms with van der Waals surface area (Å²) in [6.07, 6.45) is 16.7. The molecule has 2 heteroatoms. The molecule has 0 aliphatic carbocycles. The van der Waals surface area contributed by atoms with Gasteiger partial charge in [0.2, 0.25) is 0 Å². The SMILES string of the molecule is CCCCCCCCCCCCCC=O.[Hf]. The molecule has 0 bridgehead atoms. The van der Waals surface area contributed by atoms with Gasteiger partial charge in [-0.2, -0.15) is 0 Å². The second kappa shape index (κ2) is 17.9. The van der Waals surface area contributed by atoms with Gasteiger partial charge in [-0.25, -0.2) is 0 Å². The summed E-state index contributed by atoms with van der Waals surface area (Å²) in [5.74, 6) is 0. The van der Waals surface area contributed by atoms with Crippen LogP contribution < -0.4 is 0 Å². The molecular formula is C14H28HfO. The summed E-state index contributed by atoms with van der Waals surface area (Å²) in [5, 5.41) is 0. The van der Waals surface area contributed by atoms with Crippen molar-refractivity contribution in [2.75, 3.05) is 0 Å². The molecule has 0 aliphatic heterocycles. The first kappa shape index (κ1) is 18.9. The fourth-order valence-electron chi connectivity index (χ4n) is 1.89. The van der Waals surface area contributed by atoms with Gasteiger partial charge in [0.15, 0.2) is 0 Å². The van der Waals surface area contributed by atoms with E-state index >= 15 is 0 Å². The monoisotopic (exact) mass is 392 g/mol. The molecule has 0 amide bonds. The minimum Gasteiger partial charge on any atom is -0.303 e. The zero-order chi connectivity index (χ0) is 11.2. The van der Waals surface area contributed by atoms with Gasteiger partial charge in [0.1, 0.15) is 6.29 Å². The van der Waals surface area contributed by atoms with E-state index < -0.39 is 0 Å². The first-order valence-corrected chi connectivity index (χ1v) is 6.85. The Morgan fingerprint density at radius 2 is 1.06 bits per heavy atom. The molecule has 0 aromatic carbocycles. The van der Waals surface area contributed by atoms with Gasteiger partial charge in [0.25, 0.3) is 0 Å². The van der Waals surface area contributed by atoms with Gasteiger partial charge in [0, 0.05) is 32.3 Å². The quantitative estimate of drug-likeness (QED) is 0.263. The van der Waals surface area contributed by atoms with Crippen LogP contribution in [0.4, 0.5) is 0 Å². The van der Waals surface area contributed by atoms with Crippen LogP contribution in [-0.4, -0.2) is 6.29 Å². The van der Waals surface area contributed by atoms with E-state index in [-0.39, 0.29) is 25.8 Å². The Morgan fingerprint density at radius 3 is 1.44 bits per heavy atom. The molecule has 0 atom stereocenters. The van der Waals surface area contributed by atoms with E-state index in [1.54, 1.807) is 0 Å². The molecule has 0 spiro atoms. The average Bonchev–Trinajstić information content (AvgIpc) is 2.26. The van der Waals surface area contributed by atoms with E-state index in [0.717, 1.165) is 19.1 Å². The van der Waals surface area contributed by atoms with Crippen molar-refractivity contribution < 1.29 is 30.6 Å². The minimum atomic E-state index is 0. The number of aldehydes is 1. The van der Waals surface area contributed by atoms with Gasteiger partial charge >= 0.3 is 0 Å². The summed E-state index contributed by atoms with van der Waals surface area (Å²) in [4.78, 5) is 10.1. The van der Waals surface area contributed by atoms with Gasteiger partial charge in [-0.1, -0.05) is 71.1 Å². The molecule has 0 aliphatic rings. The molecule has 16 heavy (non-hydrogen) atoms. The molecule has 0 aromatic rings. The molecule has 0 saturated carbocycles. The second-order valence-corrected chi connectivity index (χ2v) is 4.49. The van der Waals surface area contributed by atoms with E-state index in [9.17, 15) is 4.79 Å². The van der Waals surface area contributed by atoms with E-state index in [2.05, 4.69) is 6.92 Å². The van der Waals surface area contributed by atoms with Crippen molar-refractivity contribution in [3.8, 4) is 0 Å². The molecule has 0 N–H and O–H groups in total. The predicted molar refractivity (Wildman–Crippen MR) is 67.1 cm³/mol. The fourth-order valence-corrected chi connectivity index (χ4v) is 1.89. The van der Waals surface area contributed by atoms with Gasteiger partial charge in [-0.15, -0.1) is 0 Å². The van der Waals surface area contributed by atoms with Crippen LogP contribution in [0.15, 0.2) is 0 Å². The molecule has 94 valence electrons. The molecule has 0 fully saturated rings. The van der Waals surface area contributed by atoms with Gasteiger partial charge in [-0.05, 0) is 6.42 Å². The molecule has 0 saturated heterocycles. The Balaban J connectivity index is 0. The Bertz CT molecular complexity index is 126. The molecule has 1 nitrogen and oxygen atoms in total. The maximum absolute atomic E-state index is 10.1. The Morgan fingerprint density at radius 1 is 0.688 bits per heavy atom. The standard InChI is InChI=1S/C14H28O.Hf/c1-2-3-4-5-6-7-8-9-10-11-12-13-14-15;/h14H,2-13H2,1H3;. The van der Waals surface area contributed by atoms with Crippen LogP contribution >= 0.6 is 0 Å². The third-order valence-electron chi connectivity index (χ3n) is 2.93. The van der Waals surface area contributed by atoms with Crippen molar-refractivity contribution in [1.82, 2.24) is 0 Å². The number of carbonyl (C=O) groups excluding carboxylic acids is 1. The maximum atomic E-state index is 10.1. The zero-order valence-electron chi connectivity index (χ0n) is 11.0. The fraction of sp³-hybridized carbons (Fsp3) is 0.929. The number of unbranched alkanes of at least 4 members (excludes halogenated alkanes) is 11. The van der Waals surface area contributed by atoms with Crippen molar-refractivity contribution in [2.24, 2.45) is 0 Å². The van der Waals surface area contributed by atoms with Crippen molar-refractivity contribution in [2.45, 2.75) is 84.0 Å². The normalized spacial score (nSPS) is 9.81. The third-order valence-corrected chi connectivity index (χ3v) is 2.93. The van der Waals surface area contributed by atoms with Crippen molar-refractivity contribution in [3.63, 3.8) is 0 Å². The molecule has 0 rings (SSSR count). The maximum Gasteiger partial charge on any atom is 0.119 e. The first-order chi connectivity index (χ1) is 7.41. The van der Waals surface area contributed by atoms with E-state index in [1.165, 1.54) is 64.2 Å². The third kappa shape index (κ3) is 17.0. The predicted octanol–water partition coefficient (Wildman–Crippen LogP) is 4.88. The molecule has 0 aromatic heterocycles. The van der Waals surface area contributed by atoms with E-state index in [1.807, 2.05) is 0 Å². The topological polar surface area (TPSA) is 17.1 Å². The number of hydrogen-bond donors (Lipinski definition) is 0. The van der Waals surface area contributed by atoms with Crippen LogP contribution in [0.5, 0.6) is 0 Å². The van der Waals surface area contributed by atoms with Crippen LogP contribution in [0, 0.1) is 0 Å². The Hall–Kier alpha value is 0.540. The summed E-state index contributed by atoms with van der Waals surface area (Å²) in [6.45, 7) is 2.26. The first-order valence-electron chi connectivity index (χ1n) is 6.85. The van der Waals surface area contributed by atoms with Gasteiger partial charge in [-0.3, -0.25) is 0 Å². The van der Waals surface area contributed by atoms with Crippen LogP contribution in [-0.2, 0) is 30.6 Å². The summed E-state index contributed by atoms with van der Waals surface area (Å²) >= 11 is 0. The Labute approximate surface area is 121 Å². The van der Waals surface area contributed by atoms with Crippen molar-refractivity contribution in [3.05, 3.63) is 0 Å². The average molecular weight is 391 g/mol. The Kier molecular flexibility index (Phi) is 21.2. The van der Waals surface area contributed by atoms with E-state index in [0.29, 0.717) is 0 Å². The van der Waals surface area contributed by atoms with Crippen molar-refractivity contribution in [1.29, 1.82) is 0 Å². The van der Waals surface area contributed by atoms with Crippen LogP contribution in [0.1, 0.15) is 84.0 Å². The minimum absolute atomic E-state index is 0.